The smallest absolute Gasteiger partial charge is 0.225 e. The zero-order valence-electron chi connectivity index (χ0n) is 17.7. The standard InChI is InChI=1S/C21H33N5O2.HI/c1-16(2)20(27)26-9-8-18(15-26)24-21(22-3)23-14-17-6-4-5-7-19(17)25-10-12-28-13-11-25;/h4-7,16,18H,8-15H2,1-3H3,(H2,22,23,24);1H. The molecular formula is C21H34IN5O2. The number of hydrogen-bond acceptors (Lipinski definition) is 4. The van der Waals surface area contributed by atoms with Crippen LogP contribution in [0.2, 0.25) is 0 Å². The number of ether oxygens (including phenoxy) is 1. The lowest BCUT2D eigenvalue weighted by Gasteiger charge is -2.30. The van der Waals surface area contributed by atoms with Crippen LogP contribution in [0.5, 0.6) is 0 Å². The number of nitrogens with one attached hydrogen (secondary N) is 2. The SMILES string of the molecule is CN=C(NCc1ccccc1N1CCOCC1)NC1CCN(C(=O)C(C)C)C1.I. The molecule has 2 saturated heterocycles. The van der Waals surface area contributed by atoms with E-state index in [-0.39, 0.29) is 41.8 Å². The molecular weight excluding hydrogens is 481 g/mol. The highest BCUT2D eigenvalue weighted by Crippen LogP contribution is 2.21. The van der Waals surface area contributed by atoms with Crippen molar-refractivity contribution in [1.29, 1.82) is 0 Å². The van der Waals surface area contributed by atoms with Crippen LogP contribution in [0.3, 0.4) is 0 Å². The number of rotatable bonds is 5. The van der Waals surface area contributed by atoms with Crippen molar-refractivity contribution in [3.63, 3.8) is 0 Å². The quantitative estimate of drug-likeness (QED) is 0.357. The van der Waals surface area contributed by atoms with Gasteiger partial charge in [-0.1, -0.05) is 32.0 Å². The van der Waals surface area contributed by atoms with Crippen molar-refractivity contribution < 1.29 is 9.53 Å². The highest BCUT2D eigenvalue weighted by atomic mass is 127. The van der Waals surface area contributed by atoms with Gasteiger partial charge in [-0.25, -0.2) is 0 Å². The Kier molecular flexibility index (Phi) is 9.48. The third-order valence-electron chi connectivity index (χ3n) is 5.35. The summed E-state index contributed by atoms with van der Waals surface area (Å²) in [5.41, 5.74) is 2.50. The fourth-order valence-electron chi connectivity index (χ4n) is 3.78. The van der Waals surface area contributed by atoms with Crippen LogP contribution in [0.15, 0.2) is 29.3 Å². The Morgan fingerprint density at radius 3 is 2.66 bits per heavy atom. The second-order valence-electron chi connectivity index (χ2n) is 7.72. The molecule has 0 radical (unpaired) electrons. The van der Waals surface area contributed by atoms with Crippen LogP contribution in [0.1, 0.15) is 25.8 Å². The second kappa shape index (κ2) is 11.6. The lowest BCUT2D eigenvalue weighted by atomic mass is 10.1. The summed E-state index contributed by atoms with van der Waals surface area (Å²) in [5.74, 6) is 1.06. The average molecular weight is 515 g/mol. The topological polar surface area (TPSA) is 69.2 Å². The third kappa shape index (κ3) is 6.47. The molecule has 29 heavy (non-hydrogen) atoms. The maximum atomic E-state index is 12.2. The molecule has 0 saturated carbocycles. The van der Waals surface area contributed by atoms with Gasteiger partial charge in [0.05, 0.1) is 13.2 Å². The minimum atomic E-state index is 0. The summed E-state index contributed by atoms with van der Waals surface area (Å²) in [7, 11) is 1.79. The van der Waals surface area contributed by atoms with E-state index in [1.165, 1.54) is 11.3 Å². The average Bonchev–Trinajstić information content (AvgIpc) is 3.19. The number of guanidine groups is 1. The highest BCUT2D eigenvalue weighted by molar-refractivity contribution is 14.0. The van der Waals surface area contributed by atoms with Crippen LogP contribution in [-0.2, 0) is 16.1 Å². The number of morpholine rings is 1. The number of hydrogen-bond donors (Lipinski definition) is 2. The molecule has 1 aromatic carbocycles. The lowest BCUT2D eigenvalue weighted by Crippen LogP contribution is -2.45. The molecule has 162 valence electrons. The molecule has 1 atom stereocenters. The van der Waals surface area contributed by atoms with Gasteiger partial charge in [-0.15, -0.1) is 24.0 Å². The van der Waals surface area contributed by atoms with E-state index in [9.17, 15) is 4.79 Å². The van der Waals surface area contributed by atoms with Gasteiger partial charge in [0.25, 0.3) is 0 Å². The number of carbonyl (C=O) groups excluding carboxylic acids is 1. The van der Waals surface area contributed by atoms with E-state index >= 15 is 0 Å². The fourth-order valence-corrected chi connectivity index (χ4v) is 3.78. The van der Waals surface area contributed by atoms with Crippen molar-refractivity contribution >= 4 is 41.5 Å². The molecule has 0 aliphatic carbocycles. The Balaban J connectivity index is 0.00000300. The van der Waals surface area contributed by atoms with Crippen LogP contribution in [0, 0.1) is 5.92 Å². The summed E-state index contributed by atoms with van der Waals surface area (Å²) >= 11 is 0. The number of carbonyl (C=O) groups is 1. The predicted octanol–water partition coefficient (Wildman–Crippen LogP) is 2.06. The molecule has 0 spiro atoms. The van der Waals surface area contributed by atoms with Gasteiger partial charge in [-0.3, -0.25) is 9.79 Å². The van der Waals surface area contributed by atoms with Gasteiger partial charge in [-0.05, 0) is 18.1 Å². The lowest BCUT2D eigenvalue weighted by molar-refractivity contribution is -0.133. The normalized spacial score (nSPS) is 19.9. The summed E-state index contributed by atoms with van der Waals surface area (Å²) in [6.45, 7) is 9.56. The van der Waals surface area contributed by atoms with E-state index in [0.717, 1.165) is 51.8 Å². The van der Waals surface area contributed by atoms with Gasteiger partial charge < -0.3 is 25.2 Å². The summed E-state index contributed by atoms with van der Waals surface area (Å²) in [4.78, 5) is 20.9. The van der Waals surface area contributed by atoms with Crippen molar-refractivity contribution in [1.82, 2.24) is 15.5 Å². The van der Waals surface area contributed by atoms with E-state index in [0.29, 0.717) is 6.54 Å². The zero-order valence-corrected chi connectivity index (χ0v) is 20.0. The maximum Gasteiger partial charge on any atom is 0.225 e. The summed E-state index contributed by atoms with van der Waals surface area (Å²) in [6.07, 6.45) is 0.948. The van der Waals surface area contributed by atoms with E-state index in [1.807, 2.05) is 18.7 Å². The van der Waals surface area contributed by atoms with Crippen molar-refractivity contribution in [3.8, 4) is 0 Å². The summed E-state index contributed by atoms with van der Waals surface area (Å²) in [6, 6.07) is 8.72. The Labute approximate surface area is 191 Å². The Morgan fingerprint density at radius 2 is 1.97 bits per heavy atom. The first kappa shape index (κ1) is 23.7. The second-order valence-corrected chi connectivity index (χ2v) is 7.72. The van der Waals surface area contributed by atoms with Gasteiger partial charge in [0.2, 0.25) is 5.91 Å². The number of aliphatic imine (C=N–C) groups is 1. The van der Waals surface area contributed by atoms with Gasteiger partial charge in [-0.2, -0.15) is 0 Å². The predicted molar refractivity (Wildman–Crippen MR) is 128 cm³/mol. The van der Waals surface area contributed by atoms with Crippen molar-refractivity contribution in [2.45, 2.75) is 32.9 Å². The molecule has 1 amide bonds. The number of halogens is 1. The summed E-state index contributed by atoms with van der Waals surface area (Å²) in [5, 5.41) is 6.91. The van der Waals surface area contributed by atoms with Crippen molar-refractivity contribution in [2.24, 2.45) is 10.9 Å². The van der Waals surface area contributed by atoms with Crippen molar-refractivity contribution in [2.75, 3.05) is 51.3 Å². The number of benzene rings is 1. The van der Waals surface area contributed by atoms with Gasteiger partial charge in [0, 0.05) is 57.4 Å². The molecule has 8 heteroatoms. The van der Waals surface area contributed by atoms with Crippen molar-refractivity contribution in [3.05, 3.63) is 29.8 Å². The van der Waals surface area contributed by atoms with Crippen LogP contribution in [0.4, 0.5) is 5.69 Å². The zero-order chi connectivity index (χ0) is 19.9. The summed E-state index contributed by atoms with van der Waals surface area (Å²) < 4.78 is 5.48. The molecule has 2 N–H and O–H groups in total. The molecule has 3 rings (SSSR count). The first-order valence-corrected chi connectivity index (χ1v) is 10.2. The molecule has 2 fully saturated rings. The first-order chi connectivity index (χ1) is 13.6. The highest BCUT2D eigenvalue weighted by Gasteiger charge is 2.28. The van der Waals surface area contributed by atoms with Crippen LogP contribution >= 0.6 is 24.0 Å². The van der Waals surface area contributed by atoms with Crippen LogP contribution < -0.4 is 15.5 Å². The Bertz CT molecular complexity index is 691. The number of anilines is 1. The number of para-hydroxylation sites is 1. The molecule has 0 bridgehead atoms. The largest absolute Gasteiger partial charge is 0.378 e. The molecule has 0 aromatic heterocycles. The van der Waals surface area contributed by atoms with Crippen LogP contribution in [0.25, 0.3) is 0 Å². The molecule has 2 heterocycles. The Hall–Kier alpha value is -1.55. The minimum absolute atomic E-state index is 0. The van der Waals surface area contributed by atoms with Crippen LogP contribution in [-0.4, -0.2) is 69.2 Å². The molecule has 2 aliphatic heterocycles. The number of nitrogens with zero attached hydrogens (tertiary/aromatic N) is 3. The third-order valence-corrected chi connectivity index (χ3v) is 5.35. The fraction of sp³-hybridized carbons (Fsp3) is 0.619. The monoisotopic (exact) mass is 515 g/mol. The minimum Gasteiger partial charge on any atom is -0.378 e. The molecule has 1 aromatic rings. The van der Waals surface area contributed by atoms with E-state index in [2.05, 4.69) is 44.8 Å². The van der Waals surface area contributed by atoms with Gasteiger partial charge >= 0.3 is 0 Å². The Morgan fingerprint density at radius 1 is 1.24 bits per heavy atom. The van der Waals surface area contributed by atoms with Gasteiger partial charge in [0.1, 0.15) is 0 Å². The first-order valence-electron chi connectivity index (χ1n) is 10.2. The van der Waals surface area contributed by atoms with E-state index < -0.39 is 0 Å². The maximum absolute atomic E-state index is 12.2. The van der Waals surface area contributed by atoms with Gasteiger partial charge in [0.15, 0.2) is 5.96 Å². The number of amides is 1. The van der Waals surface area contributed by atoms with E-state index in [1.54, 1.807) is 7.05 Å². The molecule has 1 unspecified atom stereocenters. The molecule has 2 aliphatic rings. The molecule has 7 nitrogen and oxygen atoms in total. The number of likely N-dealkylation sites (tertiary alicyclic amines) is 1. The van der Waals surface area contributed by atoms with E-state index in [4.69, 9.17) is 4.74 Å².